The Morgan fingerprint density at radius 2 is 2.07 bits per heavy atom. The predicted octanol–water partition coefficient (Wildman–Crippen LogP) is 2.70. The predicted molar refractivity (Wildman–Crippen MR) is 105 cm³/mol. The van der Waals surface area contributed by atoms with Crippen LogP contribution < -0.4 is 0 Å². The van der Waals surface area contributed by atoms with Gasteiger partial charge in [-0.2, -0.15) is 0 Å². The molecule has 4 rings (SSSR count). The highest BCUT2D eigenvalue weighted by Gasteiger charge is 2.20. The fourth-order valence-electron chi connectivity index (χ4n) is 3.23. The summed E-state index contributed by atoms with van der Waals surface area (Å²) < 4.78 is 22.5. The molecule has 9 nitrogen and oxygen atoms in total. The number of carbonyl (C=O) groups is 1. The van der Waals surface area contributed by atoms with Crippen molar-refractivity contribution in [3.63, 3.8) is 0 Å². The van der Waals surface area contributed by atoms with Gasteiger partial charge >= 0.3 is 5.97 Å². The fourth-order valence-corrected chi connectivity index (χ4v) is 3.23. The van der Waals surface area contributed by atoms with Crippen molar-refractivity contribution in [1.29, 1.82) is 0 Å². The topological polar surface area (TPSA) is 100 Å². The summed E-state index contributed by atoms with van der Waals surface area (Å²) in [4.78, 5) is 29.3. The maximum atomic E-state index is 14.2. The molecule has 0 amide bonds. The van der Waals surface area contributed by atoms with Crippen molar-refractivity contribution in [3.8, 4) is 11.5 Å². The van der Waals surface area contributed by atoms with Crippen molar-refractivity contribution < 1.29 is 13.9 Å². The molecule has 4 aromatic rings. The van der Waals surface area contributed by atoms with Crippen molar-refractivity contribution >= 4 is 11.6 Å². The quantitative estimate of drug-likeness (QED) is 0.433. The van der Waals surface area contributed by atoms with Crippen LogP contribution in [-0.2, 0) is 17.7 Å². The zero-order valence-corrected chi connectivity index (χ0v) is 16.6. The van der Waals surface area contributed by atoms with Crippen LogP contribution in [0.25, 0.3) is 17.2 Å². The highest BCUT2D eigenvalue weighted by Crippen LogP contribution is 2.21. The standard InChI is InChI=1S/C20H20FN7O2/c1-3-6-13-15(24-12-28-18(13)25-17(26-28)20(29)30-4-2)11-27-10-9-23-19(27)16-14(21)7-5-8-22-16/h5,7-10,12H,3-4,6,11H2,1-2H3. The van der Waals surface area contributed by atoms with Gasteiger partial charge in [-0.1, -0.05) is 13.3 Å². The summed E-state index contributed by atoms with van der Waals surface area (Å²) in [5.41, 5.74) is 2.33. The molecule has 0 N–H and O–H groups in total. The van der Waals surface area contributed by atoms with Gasteiger partial charge in [0.15, 0.2) is 17.3 Å². The van der Waals surface area contributed by atoms with Crippen LogP contribution in [0.5, 0.6) is 0 Å². The first-order chi connectivity index (χ1) is 14.6. The van der Waals surface area contributed by atoms with Crippen LogP contribution in [0.2, 0.25) is 0 Å². The second-order valence-electron chi connectivity index (χ2n) is 6.56. The Hall–Kier alpha value is -3.69. The third-order valence-corrected chi connectivity index (χ3v) is 4.54. The van der Waals surface area contributed by atoms with Crippen molar-refractivity contribution in [2.45, 2.75) is 33.2 Å². The van der Waals surface area contributed by atoms with Gasteiger partial charge < -0.3 is 9.30 Å². The van der Waals surface area contributed by atoms with Gasteiger partial charge in [0, 0.05) is 24.2 Å². The number of rotatable bonds is 7. The number of aromatic nitrogens is 7. The molecule has 0 aliphatic heterocycles. The summed E-state index contributed by atoms with van der Waals surface area (Å²) in [5, 5.41) is 4.18. The monoisotopic (exact) mass is 409 g/mol. The fraction of sp³-hybridized carbons (Fsp3) is 0.300. The Morgan fingerprint density at radius 1 is 1.20 bits per heavy atom. The van der Waals surface area contributed by atoms with Crippen molar-refractivity contribution in [2.75, 3.05) is 6.61 Å². The summed E-state index contributed by atoms with van der Waals surface area (Å²) in [7, 11) is 0. The number of nitrogens with zero attached hydrogens (tertiary/aromatic N) is 7. The number of imidazole rings is 1. The summed E-state index contributed by atoms with van der Waals surface area (Å²) in [6.45, 7) is 4.36. The zero-order valence-electron chi connectivity index (χ0n) is 16.6. The lowest BCUT2D eigenvalue weighted by atomic mass is 10.1. The lowest BCUT2D eigenvalue weighted by molar-refractivity contribution is 0.0512. The lowest BCUT2D eigenvalue weighted by Crippen LogP contribution is -2.10. The van der Waals surface area contributed by atoms with E-state index in [2.05, 4.69) is 25.0 Å². The number of hydrogen-bond acceptors (Lipinski definition) is 7. The highest BCUT2D eigenvalue weighted by atomic mass is 19.1. The van der Waals surface area contributed by atoms with E-state index in [-0.39, 0.29) is 18.1 Å². The van der Waals surface area contributed by atoms with E-state index >= 15 is 0 Å². The first kappa shape index (κ1) is 19.6. The van der Waals surface area contributed by atoms with Crippen LogP contribution in [0.3, 0.4) is 0 Å². The Bertz CT molecular complexity index is 1200. The van der Waals surface area contributed by atoms with Crippen molar-refractivity contribution in [1.82, 2.24) is 34.1 Å². The van der Waals surface area contributed by atoms with Crippen LogP contribution in [-0.4, -0.2) is 46.7 Å². The molecule has 0 radical (unpaired) electrons. The molecule has 0 fully saturated rings. The molecule has 0 aliphatic carbocycles. The summed E-state index contributed by atoms with van der Waals surface area (Å²) in [6.07, 6.45) is 7.92. The van der Waals surface area contributed by atoms with Gasteiger partial charge in [-0.15, -0.1) is 5.10 Å². The lowest BCUT2D eigenvalue weighted by Gasteiger charge is -2.11. The van der Waals surface area contributed by atoms with Gasteiger partial charge in [-0.3, -0.25) is 0 Å². The third kappa shape index (κ3) is 3.63. The van der Waals surface area contributed by atoms with Gasteiger partial charge in [-0.25, -0.2) is 33.6 Å². The van der Waals surface area contributed by atoms with Crippen LogP contribution in [0, 0.1) is 5.82 Å². The normalized spacial score (nSPS) is 11.2. The number of pyridine rings is 1. The molecule has 30 heavy (non-hydrogen) atoms. The van der Waals surface area contributed by atoms with Crippen LogP contribution >= 0.6 is 0 Å². The Morgan fingerprint density at radius 3 is 2.83 bits per heavy atom. The van der Waals surface area contributed by atoms with E-state index in [1.165, 1.54) is 29.2 Å². The van der Waals surface area contributed by atoms with E-state index in [1.807, 2.05) is 6.92 Å². The first-order valence-electron chi connectivity index (χ1n) is 9.64. The number of ether oxygens (including phenoxy) is 1. The van der Waals surface area contributed by atoms with Gasteiger partial charge in [-0.05, 0) is 25.5 Å². The van der Waals surface area contributed by atoms with E-state index in [9.17, 15) is 9.18 Å². The molecule has 4 aromatic heterocycles. The number of halogens is 1. The molecule has 0 aliphatic rings. The smallest absolute Gasteiger partial charge is 0.378 e. The minimum absolute atomic E-state index is 0.00738. The molecule has 0 bridgehead atoms. The number of fused-ring (bicyclic) bond motifs is 1. The van der Waals surface area contributed by atoms with Crippen LogP contribution in [0.15, 0.2) is 37.1 Å². The van der Waals surface area contributed by atoms with Gasteiger partial charge in [0.05, 0.1) is 18.8 Å². The second-order valence-corrected chi connectivity index (χ2v) is 6.56. The van der Waals surface area contributed by atoms with E-state index in [0.29, 0.717) is 24.4 Å². The minimum atomic E-state index is -0.576. The van der Waals surface area contributed by atoms with E-state index in [4.69, 9.17) is 4.74 Å². The maximum absolute atomic E-state index is 14.2. The first-order valence-corrected chi connectivity index (χ1v) is 9.64. The van der Waals surface area contributed by atoms with Crippen molar-refractivity contribution in [3.05, 3.63) is 59.9 Å². The molecule has 0 saturated heterocycles. The Balaban J connectivity index is 1.75. The number of carbonyl (C=O) groups excluding carboxylic acids is 1. The van der Waals surface area contributed by atoms with E-state index in [1.54, 1.807) is 23.9 Å². The average molecular weight is 409 g/mol. The molecule has 0 unspecified atom stereocenters. The Labute approximate surface area is 171 Å². The minimum Gasteiger partial charge on any atom is -0.460 e. The third-order valence-electron chi connectivity index (χ3n) is 4.54. The van der Waals surface area contributed by atoms with Crippen molar-refractivity contribution in [2.24, 2.45) is 0 Å². The summed E-state index contributed by atoms with van der Waals surface area (Å²) in [6, 6.07) is 2.88. The maximum Gasteiger partial charge on any atom is 0.378 e. The Kier molecular flexibility index (Phi) is 5.46. The second kappa shape index (κ2) is 8.36. The molecule has 4 heterocycles. The van der Waals surface area contributed by atoms with Gasteiger partial charge in [0.1, 0.15) is 12.0 Å². The van der Waals surface area contributed by atoms with Crippen LogP contribution in [0.1, 0.15) is 42.1 Å². The van der Waals surface area contributed by atoms with Gasteiger partial charge in [0.25, 0.3) is 5.82 Å². The largest absolute Gasteiger partial charge is 0.460 e. The molecule has 0 saturated carbocycles. The zero-order chi connectivity index (χ0) is 21.1. The highest BCUT2D eigenvalue weighted by molar-refractivity contribution is 5.85. The average Bonchev–Trinajstić information content (AvgIpc) is 3.37. The number of aryl methyl sites for hydroxylation is 1. The molecule has 0 aromatic carbocycles. The van der Waals surface area contributed by atoms with Gasteiger partial charge in [0.2, 0.25) is 0 Å². The molecule has 0 spiro atoms. The molecular formula is C20H20FN7O2. The number of esters is 1. The van der Waals surface area contributed by atoms with Crippen LogP contribution in [0.4, 0.5) is 4.39 Å². The van der Waals surface area contributed by atoms with E-state index in [0.717, 1.165) is 17.7 Å². The summed E-state index contributed by atoms with van der Waals surface area (Å²) in [5.74, 6) is -0.621. The molecule has 154 valence electrons. The van der Waals surface area contributed by atoms with E-state index < -0.39 is 11.8 Å². The molecule has 10 heteroatoms. The number of hydrogen-bond donors (Lipinski definition) is 0. The summed E-state index contributed by atoms with van der Waals surface area (Å²) >= 11 is 0. The SMILES string of the molecule is CCCc1c(Cn2ccnc2-c2ncccc2F)ncn2nc(C(=O)OCC)nc12. The molecule has 0 atom stereocenters. The molecular weight excluding hydrogens is 389 g/mol.